The Morgan fingerprint density at radius 2 is 2.15 bits per heavy atom. The highest BCUT2D eigenvalue weighted by Crippen LogP contribution is 2.27. The number of rotatable bonds is 7. The zero-order valence-electron chi connectivity index (χ0n) is 15.3. The van der Waals surface area contributed by atoms with Gasteiger partial charge >= 0.3 is 0 Å². The first-order valence-corrected chi connectivity index (χ1v) is 9.08. The Hall–Kier alpha value is -2.46. The van der Waals surface area contributed by atoms with Crippen LogP contribution >= 0.6 is 11.3 Å². The third-order valence-electron chi connectivity index (χ3n) is 3.63. The molecule has 0 unspecified atom stereocenters. The molecule has 0 aromatic carbocycles. The number of hydrogen-bond donors (Lipinski definition) is 2. The fraction of sp³-hybridized carbons (Fsp3) is 0.500. The van der Waals surface area contributed by atoms with Gasteiger partial charge in [-0.3, -0.25) is 9.48 Å². The average molecular weight is 377 g/mol. The van der Waals surface area contributed by atoms with Crippen molar-refractivity contribution in [3.8, 4) is 0 Å². The van der Waals surface area contributed by atoms with Crippen molar-refractivity contribution in [1.82, 2.24) is 29.7 Å². The van der Waals surface area contributed by atoms with Gasteiger partial charge in [-0.15, -0.1) is 5.10 Å². The zero-order chi connectivity index (χ0) is 18.7. The lowest BCUT2D eigenvalue weighted by Gasteiger charge is -2.13. The number of aromatic nitrogens is 5. The Balaban J connectivity index is 1.61. The average Bonchev–Trinajstić information content (AvgIpc) is 3.22. The van der Waals surface area contributed by atoms with Gasteiger partial charge in [-0.05, 0) is 0 Å². The van der Waals surface area contributed by atoms with E-state index < -0.39 is 0 Å². The van der Waals surface area contributed by atoms with Gasteiger partial charge in [0, 0.05) is 25.3 Å². The molecule has 2 N–H and O–H groups in total. The van der Waals surface area contributed by atoms with Crippen LogP contribution in [0.4, 0.5) is 10.8 Å². The van der Waals surface area contributed by atoms with E-state index >= 15 is 0 Å². The normalized spacial score (nSPS) is 11.8. The third-order valence-corrected chi connectivity index (χ3v) is 4.47. The molecule has 3 rings (SSSR count). The summed E-state index contributed by atoms with van der Waals surface area (Å²) in [5.74, 6) is -0.112. The molecule has 0 aliphatic heterocycles. The van der Waals surface area contributed by atoms with Gasteiger partial charge in [-0.2, -0.15) is 5.10 Å². The molecule has 1 amide bonds. The van der Waals surface area contributed by atoms with Crippen molar-refractivity contribution in [2.24, 2.45) is 0 Å². The smallest absolute Gasteiger partial charge is 0.241 e. The van der Waals surface area contributed by atoms with E-state index in [9.17, 15) is 4.79 Å². The number of ether oxygens (including phenoxy) is 1. The second kappa shape index (κ2) is 7.42. The first kappa shape index (κ1) is 18.3. The summed E-state index contributed by atoms with van der Waals surface area (Å²) >= 11 is 1.47. The van der Waals surface area contributed by atoms with E-state index in [4.69, 9.17) is 4.74 Å². The van der Waals surface area contributed by atoms with Crippen molar-refractivity contribution >= 4 is 33.0 Å². The van der Waals surface area contributed by atoms with E-state index in [0.29, 0.717) is 13.2 Å². The fourth-order valence-electron chi connectivity index (χ4n) is 2.25. The predicted octanol–water partition coefficient (Wildman–Crippen LogP) is 1.79. The molecule has 0 atom stereocenters. The van der Waals surface area contributed by atoms with E-state index in [1.807, 2.05) is 6.20 Å². The Morgan fingerprint density at radius 3 is 2.85 bits per heavy atom. The minimum atomic E-state index is -0.112. The lowest BCUT2D eigenvalue weighted by Crippen LogP contribution is -2.30. The summed E-state index contributed by atoms with van der Waals surface area (Å²) in [4.78, 5) is 17.2. The standard InChI is InChI=1S/C16H23N7O2S/c1-16(2,3)12-9-23-15(20-12)26-14(21-23)19-11-7-18-22(8-11)10-13(24)17-5-6-25-4/h7-9H,5-6,10H2,1-4H3,(H,17,24)(H,19,21). The molecule has 9 nitrogen and oxygen atoms in total. The number of imidazole rings is 1. The number of methoxy groups -OCH3 is 1. The van der Waals surface area contributed by atoms with Crippen LogP contribution in [-0.4, -0.2) is 50.5 Å². The van der Waals surface area contributed by atoms with Gasteiger partial charge in [-0.25, -0.2) is 9.50 Å². The van der Waals surface area contributed by atoms with E-state index in [2.05, 4.69) is 46.6 Å². The number of amides is 1. The van der Waals surface area contributed by atoms with Crippen molar-refractivity contribution < 1.29 is 9.53 Å². The summed E-state index contributed by atoms with van der Waals surface area (Å²) in [6.45, 7) is 7.49. The molecule has 0 spiro atoms. The highest BCUT2D eigenvalue weighted by molar-refractivity contribution is 7.20. The largest absolute Gasteiger partial charge is 0.383 e. The molecule has 0 fully saturated rings. The Labute approximate surface area is 155 Å². The van der Waals surface area contributed by atoms with Crippen molar-refractivity contribution in [2.75, 3.05) is 25.6 Å². The van der Waals surface area contributed by atoms with Crippen LogP contribution in [0.15, 0.2) is 18.6 Å². The molecule has 0 aliphatic rings. The van der Waals surface area contributed by atoms with Crippen molar-refractivity contribution in [3.05, 3.63) is 24.3 Å². The Morgan fingerprint density at radius 1 is 1.35 bits per heavy atom. The summed E-state index contributed by atoms with van der Waals surface area (Å²) in [6, 6.07) is 0. The molecule has 3 aromatic rings. The van der Waals surface area contributed by atoms with E-state index in [1.54, 1.807) is 28.7 Å². The van der Waals surface area contributed by atoms with E-state index in [-0.39, 0.29) is 17.9 Å². The molecule has 0 radical (unpaired) electrons. The van der Waals surface area contributed by atoms with Gasteiger partial charge in [0.05, 0.1) is 30.4 Å². The third kappa shape index (κ3) is 4.38. The van der Waals surface area contributed by atoms with Crippen LogP contribution in [0.1, 0.15) is 26.5 Å². The van der Waals surface area contributed by atoms with Gasteiger partial charge in [0.2, 0.25) is 16.0 Å². The van der Waals surface area contributed by atoms with Crippen LogP contribution in [0.2, 0.25) is 0 Å². The van der Waals surface area contributed by atoms with Gasteiger partial charge in [-0.1, -0.05) is 32.1 Å². The maximum atomic E-state index is 11.8. The topological polar surface area (TPSA) is 98.4 Å². The lowest BCUT2D eigenvalue weighted by molar-refractivity contribution is -0.122. The maximum absolute atomic E-state index is 11.8. The van der Waals surface area contributed by atoms with Gasteiger partial charge in [0.25, 0.3) is 0 Å². The van der Waals surface area contributed by atoms with Crippen molar-refractivity contribution in [1.29, 1.82) is 0 Å². The highest BCUT2D eigenvalue weighted by Gasteiger charge is 2.19. The second-order valence-electron chi connectivity index (χ2n) is 6.90. The molecule has 0 aliphatic carbocycles. The van der Waals surface area contributed by atoms with Gasteiger partial charge < -0.3 is 15.4 Å². The van der Waals surface area contributed by atoms with Gasteiger partial charge in [0.15, 0.2) is 0 Å². The van der Waals surface area contributed by atoms with Crippen LogP contribution < -0.4 is 10.6 Å². The molecule has 10 heteroatoms. The Kier molecular flexibility index (Phi) is 5.23. The van der Waals surface area contributed by atoms with Gasteiger partial charge in [0.1, 0.15) is 6.54 Å². The molecule has 3 aromatic heterocycles. The number of carbonyl (C=O) groups excluding carboxylic acids is 1. The Bertz CT molecular complexity index is 859. The number of nitrogens with zero attached hydrogens (tertiary/aromatic N) is 5. The highest BCUT2D eigenvalue weighted by atomic mass is 32.1. The fourth-order valence-corrected chi connectivity index (χ4v) is 3.05. The summed E-state index contributed by atoms with van der Waals surface area (Å²) in [6.07, 6.45) is 5.37. The molecule has 3 heterocycles. The molecule has 0 saturated heterocycles. The van der Waals surface area contributed by atoms with Crippen LogP contribution in [-0.2, 0) is 21.5 Å². The predicted molar refractivity (Wildman–Crippen MR) is 100.0 cm³/mol. The number of nitrogens with one attached hydrogen (secondary N) is 2. The van der Waals surface area contributed by atoms with Crippen LogP contribution in [0, 0.1) is 0 Å². The number of anilines is 2. The molecular weight excluding hydrogens is 354 g/mol. The van der Waals surface area contributed by atoms with E-state index in [1.165, 1.54) is 11.3 Å². The van der Waals surface area contributed by atoms with Crippen molar-refractivity contribution in [2.45, 2.75) is 32.7 Å². The minimum absolute atomic E-state index is 0.00796. The first-order chi connectivity index (χ1) is 12.3. The summed E-state index contributed by atoms with van der Waals surface area (Å²) in [5, 5.41) is 15.3. The van der Waals surface area contributed by atoms with Crippen LogP contribution in [0.3, 0.4) is 0 Å². The molecule has 26 heavy (non-hydrogen) atoms. The number of fused-ring (bicyclic) bond motifs is 1. The SMILES string of the molecule is COCCNC(=O)Cn1cc(Nc2nn3cc(C(C)(C)C)nc3s2)cn1. The minimum Gasteiger partial charge on any atom is -0.383 e. The van der Waals surface area contributed by atoms with Crippen LogP contribution in [0.5, 0.6) is 0 Å². The number of carbonyl (C=O) groups is 1. The van der Waals surface area contributed by atoms with Crippen molar-refractivity contribution in [3.63, 3.8) is 0 Å². The zero-order valence-corrected chi connectivity index (χ0v) is 16.1. The number of hydrogen-bond acceptors (Lipinski definition) is 7. The monoisotopic (exact) mass is 377 g/mol. The molecule has 0 saturated carbocycles. The summed E-state index contributed by atoms with van der Waals surface area (Å²) < 4.78 is 8.25. The molecule has 140 valence electrons. The van der Waals surface area contributed by atoms with E-state index in [0.717, 1.165) is 21.5 Å². The first-order valence-electron chi connectivity index (χ1n) is 8.27. The maximum Gasteiger partial charge on any atom is 0.241 e. The second-order valence-corrected chi connectivity index (χ2v) is 7.86. The molecular formula is C16H23N7O2S. The lowest BCUT2D eigenvalue weighted by atomic mass is 9.93. The van der Waals surface area contributed by atoms with Crippen LogP contribution in [0.25, 0.3) is 4.96 Å². The molecule has 0 bridgehead atoms. The summed E-state index contributed by atoms with van der Waals surface area (Å²) in [7, 11) is 1.59. The quantitative estimate of drug-likeness (QED) is 0.609. The summed E-state index contributed by atoms with van der Waals surface area (Å²) in [5.41, 5.74) is 1.77.